The number of hydrogen-bond donors (Lipinski definition) is 0. The van der Waals surface area contributed by atoms with E-state index >= 15 is 0 Å². The second-order valence-electron chi connectivity index (χ2n) is 7.59. The van der Waals surface area contributed by atoms with Gasteiger partial charge in [0.05, 0.1) is 6.07 Å². The van der Waals surface area contributed by atoms with Crippen molar-refractivity contribution in [3.63, 3.8) is 0 Å². The quantitative estimate of drug-likeness (QED) is 0.745. The summed E-state index contributed by atoms with van der Waals surface area (Å²) in [4.78, 5) is 26.4. The third-order valence-electron chi connectivity index (χ3n) is 6.34. The molecule has 0 N–H and O–H groups in total. The highest BCUT2D eigenvalue weighted by molar-refractivity contribution is 6.05. The number of Topliss-reactive ketones (excluding diaryl/α,β-unsaturated/α-hetero) is 2. The molecule has 0 unspecified atom stereocenters. The Morgan fingerprint density at radius 1 is 1.07 bits per heavy atom. The molecule has 0 aromatic heterocycles. The van der Waals surface area contributed by atoms with Crippen LogP contribution < -0.4 is 0 Å². The summed E-state index contributed by atoms with van der Waals surface area (Å²) in [7, 11) is 0. The van der Waals surface area contributed by atoms with E-state index in [0.29, 0.717) is 17.5 Å². The van der Waals surface area contributed by atoms with E-state index in [1.54, 1.807) is 36.4 Å². The zero-order valence-corrected chi connectivity index (χ0v) is 14.9. The molecular formula is C23H20FNO2. The van der Waals surface area contributed by atoms with E-state index in [-0.39, 0.29) is 35.6 Å². The summed E-state index contributed by atoms with van der Waals surface area (Å²) in [5.74, 6) is -1.54. The van der Waals surface area contributed by atoms with E-state index in [9.17, 15) is 19.2 Å². The molecule has 4 rings (SSSR count). The molecule has 2 saturated carbocycles. The maximum Gasteiger partial charge on any atom is 0.184 e. The fraction of sp³-hybridized carbons (Fsp3) is 0.348. The summed E-state index contributed by atoms with van der Waals surface area (Å²) >= 11 is 0. The monoisotopic (exact) mass is 361 g/mol. The van der Waals surface area contributed by atoms with Crippen molar-refractivity contribution in [3.05, 3.63) is 71.5 Å². The molecule has 0 aliphatic heterocycles. The molecule has 0 heterocycles. The van der Waals surface area contributed by atoms with Crippen molar-refractivity contribution in [1.82, 2.24) is 0 Å². The topological polar surface area (TPSA) is 57.9 Å². The zero-order valence-electron chi connectivity index (χ0n) is 14.9. The fourth-order valence-electron chi connectivity index (χ4n) is 5.10. The Labute approximate surface area is 157 Å². The van der Waals surface area contributed by atoms with Crippen LogP contribution in [0.2, 0.25) is 0 Å². The second-order valence-corrected chi connectivity index (χ2v) is 7.59. The van der Waals surface area contributed by atoms with Gasteiger partial charge in [-0.05, 0) is 36.5 Å². The molecule has 2 fully saturated rings. The van der Waals surface area contributed by atoms with E-state index in [4.69, 9.17) is 0 Å². The fourth-order valence-corrected chi connectivity index (χ4v) is 5.10. The van der Waals surface area contributed by atoms with Gasteiger partial charge in [0, 0.05) is 23.8 Å². The Bertz CT molecular complexity index is 916. The highest BCUT2D eigenvalue weighted by Crippen LogP contribution is 2.58. The SMILES string of the molecule is N#C[C@@]1(C(=O)c2ccccc2)[C@@H]2CCC[C@@H]2C(=O)C[C@H]1c1ccc(F)cc1. The summed E-state index contributed by atoms with van der Waals surface area (Å²) in [6.45, 7) is 0. The summed E-state index contributed by atoms with van der Waals surface area (Å²) < 4.78 is 13.4. The molecule has 4 heteroatoms. The lowest BCUT2D eigenvalue weighted by molar-refractivity contribution is -0.128. The standard InChI is InChI=1S/C23H20FNO2/c24-17-11-9-15(10-12-17)20-13-21(26)18-7-4-8-19(18)23(20,14-25)22(27)16-5-2-1-3-6-16/h1-3,5-6,9-12,18-20H,4,7-8,13H2/t18-,19+,20-,23+/m0/s1. The largest absolute Gasteiger partial charge is 0.299 e. The Kier molecular flexibility index (Phi) is 4.39. The summed E-state index contributed by atoms with van der Waals surface area (Å²) in [5, 5.41) is 10.3. The van der Waals surface area contributed by atoms with Crippen LogP contribution in [0, 0.1) is 34.4 Å². The molecule has 2 aromatic carbocycles. The predicted octanol–water partition coefficient (Wildman–Crippen LogP) is 4.69. The Balaban J connectivity index is 1.89. The summed E-state index contributed by atoms with van der Waals surface area (Å²) in [6, 6.07) is 17.1. The lowest BCUT2D eigenvalue weighted by Gasteiger charge is -2.45. The van der Waals surface area contributed by atoms with Crippen molar-refractivity contribution < 1.29 is 14.0 Å². The molecule has 0 radical (unpaired) electrons. The number of nitrogens with zero attached hydrogens (tertiary/aromatic N) is 1. The number of carbonyl (C=O) groups excluding carboxylic acids is 2. The smallest absolute Gasteiger partial charge is 0.184 e. The van der Waals surface area contributed by atoms with Gasteiger partial charge >= 0.3 is 0 Å². The van der Waals surface area contributed by atoms with Gasteiger partial charge in [0.25, 0.3) is 0 Å². The number of rotatable bonds is 3. The van der Waals surface area contributed by atoms with E-state index in [1.807, 2.05) is 6.07 Å². The van der Waals surface area contributed by atoms with Crippen molar-refractivity contribution >= 4 is 11.6 Å². The molecule has 3 nitrogen and oxygen atoms in total. The zero-order chi connectivity index (χ0) is 19.0. The number of ketones is 2. The maximum atomic E-state index is 13.6. The first-order valence-electron chi connectivity index (χ1n) is 9.37. The van der Waals surface area contributed by atoms with Crippen LogP contribution in [-0.4, -0.2) is 11.6 Å². The number of benzene rings is 2. The van der Waals surface area contributed by atoms with E-state index in [0.717, 1.165) is 12.8 Å². The molecule has 0 spiro atoms. The number of fused-ring (bicyclic) bond motifs is 1. The molecular weight excluding hydrogens is 341 g/mol. The van der Waals surface area contributed by atoms with E-state index in [1.165, 1.54) is 12.1 Å². The van der Waals surface area contributed by atoms with Gasteiger partial charge in [0.15, 0.2) is 5.78 Å². The highest BCUT2D eigenvalue weighted by Gasteiger charge is 2.60. The van der Waals surface area contributed by atoms with E-state index in [2.05, 4.69) is 6.07 Å². The minimum absolute atomic E-state index is 0.124. The van der Waals surface area contributed by atoms with E-state index < -0.39 is 11.3 Å². The number of hydrogen-bond acceptors (Lipinski definition) is 3. The van der Waals surface area contributed by atoms with Crippen LogP contribution in [0.5, 0.6) is 0 Å². The Hall–Kier alpha value is -2.80. The first kappa shape index (κ1) is 17.6. The third-order valence-corrected chi connectivity index (χ3v) is 6.34. The van der Waals surface area contributed by atoms with Gasteiger partial charge in [-0.3, -0.25) is 9.59 Å². The van der Waals surface area contributed by atoms with Crippen molar-refractivity contribution in [2.24, 2.45) is 17.3 Å². The Morgan fingerprint density at radius 3 is 2.44 bits per heavy atom. The predicted molar refractivity (Wildman–Crippen MR) is 98.4 cm³/mol. The average molecular weight is 361 g/mol. The van der Waals surface area contributed by atoms with Gasteiger partial charge in [-0.25, -0.2) is 4.39 Å². The summed E-state index contributed by atoms with van der Waals surface area (Å²) in [6.07, 6.45) is 2.44. The number of carbonyl (C=O) groups is 2. The third kappa shape index (κ3) is 2.70. The average Bonchev–Trinajstić information content (AvgIpc) is 3.20. The molecule has 2 aliphatic rings. The lowest BCUT2D eigenvalue weighted by Crippen LogP contribution is -2.50. The second kappa shape index (κ2) is 6.74. The number of nitriles is 1. The van der Waals surface area contributed by atoms with Crippen LogP contribution in [0.3, 0.4) is 0 Å². The molecule has 0 saturated heterocycles. The Morgan fingerprint density at radius 2 is 1.78 bits per heavy atom. The molecule has 27 heavy (non-hydrogen) atoms. The molecule has 0 amide bonds. The van der Waals surface area contributed by atoms with Gasteiger partial charge < -0.3 is 0 Å². The molecule has 2 aliphatic carbocycles. The minimum atomic E-state index is -1.30. The van der Waals surface area contributed by atoms with Crippen LogP contribution in [0.25, 0.3) is 0 Å². The van der Waals surface area contributed by atoms with Gasteiger partial charge in [-0.2, -0.15) is 5.26 Å². The van der Waals surface area contributed by atoms with Crippen LogP contribution >= 0.6 is 0 Å². The summed E-state index contributed by atoms with van der Waals surface area (Å²) in [5.41, 5.74) is -0.124. The molecule has 4 atom stereocenters. The highest BCUT2D eigenvalue weighted by atomic mass is 19.1. The molecule has 2 aromatic rings. The molecule has 0 bridgehead atoms. The van der Waals surface area contributed by atoms with Gasteiger partial charge in [0.2, 0.25) is 0 Å². The van der Waals surface area contributed by atoms with Crippen molar-refractivity contribution in [3.8, 4) is 6.07 Å². The van der Waals surface area contributed by atoms with Gasteiger partial charge in [-0.1, -0.05) is 48.9 Å². The molecule has 136 valence electrons. The van der Waals surface area contributed by atoms with Crippen molar-refractivity contribution in [2.45, 2.75) is 31.6 Å². The van der Waals surface area contributed by atoms with Gasteiger partial charge in [-0.15, -0.1) is 0 Å². The van der Waals surface area contributed by atoms with Crippen molar-refractivity contribution in [2.75, 3.05) is 0 Å². The van der Waals surface area contributed by atoms with Crippen LogP contribution in [0.1, 0.15) is 47.5 Å². The van der Waals surface area contributed by atoms with Gasteiger partial charge in [0.1, 0.15) is 17.0 Å². The maximum absolute atomic E-state index is 13.6. The normalized spacial score (nSPS) is 29.8. The van der Waals surface area contributed by atoms with Crippen LogP contribution in [-0.2, 0) is 4.79 Å². The minimum Gasteiger partial charge on any atom is -0.299 e. The lowest BCUT2D eigenvalue weighted by atomic mass is 9.53. The first-order chi connectivity index (χ1) is 13.1. The first-order valence-corrected chi connectivity index (χ1v) is 9.37. The van der Waals surface area contributed by atoms with Crippen LogP contribution in [0.15, 0.2) is 54.6 Å². The number of halogens is 1. The van der Waals surface area contributed by atoms with Crippen LogP contribution in [0.4, 0.5) is 4.39 Å². The van der Waals surface area contributed by atoms with Crippen molar-refractivity contribution in [1.29, 1.82) is 5.26 Å².